The molecule has 0 aliphatic heterocycles. The van der Waals surface area contributed by atoms with Crippen LogP contribution in [0.25, 0.3) is 0 Å². The maximum absolute atomic E-state index is 11.6. The number of esters is 1. The molecule has 1 aromatic carbocycles. The molecule has 118 valence electrons. The van der Waals surface area contributed by atoms with Gasteiger partial charge >= 0.3 is 5.97 Å². The molecule has 0 aliphatic rings. The number of rotatable bonds is 5. The molecule has 1 amide bonds. The van der Waals surface area contributed by atoms with Crippen molar-refractivity contribution in [3.05, 3.63) is 29.3 Å². The number of nitrogens with one attached hydrogen (secondary N) is 1. The van der Waals surface area contributed by atoms with E-state index in [0.29, 0.717) is 23.4 Å². The fraction of sp³-hybridized carbons (Fsp3) is 0.412. The van der Waals surface area contributed by atoms with Crippen molar-refractivity contribution in [2.45, 2.75) is 20.3 Å². The van der Waals surface area contributed by atoms with Crippen LogP contribution in [0.2, 0.25) is 0 Å². The van der Waals surface area contributed by atoms with Crippen molar-refractivity contribution in [2.75, 3.05) is 26.1 Å². The Morgan fingerprint density at radius 2 is 2.05 bits per heavy atom. The normalized spacial score (nSPS) is 11.1. The van der Waals surface area contributed by atoms with E-state index in [1.165, 1.54) is 14.0 Å². The monoisotopic (exact) mass is 303 g/mol. The maximum atomic E-state index is 11.6. The van der Waals surface area contributed by atoms with Crippen molar-refractivity contribution in [3.8, 4) is 11.8 Å². The van der Waals surface area contributed by atoms with Gasteiger partial charge in [0.05, 0.1) is 18.4 Å². The summed E-state index contributed by atoms with van der Waals surface area (Å²) in [5.41, 5.74) is 1.53. The zero-order valence-corrected chi connectivity index (χ0v) is 13.4. The van der Waals surface area contributed by atoms with Crippen molar-refractivity contribution < 1.29 is 19.1 Å². The molecule has 1 aromatic rings. The summed E-state index contributed by atoms with van der Waals surface area (Å²) in [5.74, 6) is 5.64. The third kappa shape index (κ3) is 5.58. The quantitative estimate of drug-likeness (QED) is 0.670. The summed E-state index contributed by atoms with van der Waals surface area (Å²) in [6.45, 7) is 4.06. The summed E-state index contributed by atoms with van der Waals surface area (Å²) in [5, 5.41) is 2.69. The van der Waals surface area contributed by atoms with Crippen molar-refractivity contribution in [3.63, 3.8) is 0 Å². The van der Waals surface area contributed by atoms with Gasteiger partial charge in [-0.1, -0.05) is 18.8 Å². The van der Waals surface area contributed by atoms with Gasteiger partial charge in [-0.3, -0.25) is 4.79 Å². The number of amides is 1. The smallest absolute Gasteiger partial charge is 0.337 e. The molecule has 1 unspecified atom stereocenters. The van der Waals surface area contributed by atoms with E-state index in [4.69, 9.17) is 4.74 Å². The first-order valence-electron chi connectivity index (χ1n) is 6.98. The minimum absolute atomic E-state index is 0.172. The van der Waals surface area contributed by atoms with Gasteiger partial charge in [-0.25, -0.2) is 4.79 Å². The zero-order chi connectivity index (χ0) is 16.5. The Morgan fingerprint density at radius 1 is 1.32 bits per heavy atom. The molecule has 1 N–H and O–H groups in total. The van der Waals surface area contributed by atoms with Crippen LogP contribution in [0.4, 0.5) is 5.69 Å². The van der Waals surface area contributed by atoms with Gasteiger partial charge in [0.1, 0.15) is 0 Å². The molecule has 0 radical (unpaired) electrons. The van der Waals surface area contributed by atoms with Crippen LogP contribution in [-0.2, 0) is 14.3 Å². The number of carbonyl (C=O) groups excluding carboxylic acids is 2. The fourth-order valence-electron chi connectivity index (χ4n) is 1.76. The summed E-state index contributed by atoms with van der Waals surface area (Å²) in [6, 6.07) is 4.89. The molecule has 0 saturated carbocycles. The predicted molar refractivity (Wildman–Crippen MR) is 84.6 cm³/mol. The van der Waals surface area contributed by atoms with Gasteiger partial charge in [0.25, 0.3) is 0 Å². The Balaban J connectivity index is 3.05. The molecule has 5 nitrogen and oxygen atoms in total. The average Bonchev–Trinajstić information content (AvgIpc) is 2.50. The van der Waals surface area contributed by atoms with Crippen LogP contribution >= 0.6 is 0 Å². The van der Waals surface area contributed by atoms with E-state index in [1.807, 2.05) is 6.92 Å². The van der Waals surface area contributed by atoms with E-state index < -0.39 is 5.97 Å². The van der Waals surface area contributed by atoms with Gasteiger partial charge < -0.3 is 14.8 Å². The van der Waals surface area contributed by atoms with Crippen molar-refractivity contribution >= 4 is 17.6 Å². The minimum atomic E-state index is -0.459. The summed E-state index contributed by atoms with van der Waals surface area (Å²) < 4.78 is 9.70. The molecule has 0 spiro atoms. The maximum Gasteiger partial charge on any atom is 0.337 e. The molecule has 0 aliphatic carbocycles. The molecule has 1 rings (SSSR count). The van der Waals surface area contributed by atoms with E-state index in [-0.39, 0.29) is 11.8 Å². The van der Waals surface area contributed by atoms with E-state index in [1.54, 1.807) is 25.3 Å². The molecule has 0 aromatic heterocycles. The second-order valence-corrected chi connectivity index (χ2v) is 4.88. The SMILES string of the molecule is COCCC(C)C#Cc1ccc(C(=O)OC)cc1NC(C)=O. The highest BCUT2D eigenvalue weighted by Crippen LogP contribution is 2.18. The average molecular weight is 303 g/mol. The zero-order valence-electron chi connectivity index (χ0n) is 13.4. The highest BCUT2D eigenvalue weighted by Gasteiger charge is 2.10. The van der Waals surface area contributed by atoms with Crippen LogP contribution in [-0.4, -0.2) is 32.7 Å². The van der Waals surface area contributed by atoms with Gasteiger partial charge in [-0.2, -0.15) is 0 Å². The highest BCUT2D eigenvalue weighted by molar-refractivity contribution is 5.95. The predicted octanol–water partition coefficient (Wildman–Crippen LogP) is 2.46. The van der Waals surface area contributed by atoms with Crippen LogP contribution in [0.5, 0.6) is 0 Å². The van der Waals surface area contributed by atoms with E-state index >= 15 is 0 Å². The van der Waals surface area contributed by atoms with Crippen LogP contribution in [0, 0.1) is 17.8 Å². The van der Waals surface area contributed by atoms with E-state index in [0.717, 1.165) is 6.42 Å². The van der Waals surface area contributed by atoms with Crippen LogP contribution in [0.15, 0.2) is 18.2 Å². The first kappa shape index (κ1) is 17.7. The highest BCUT2D eigenvalue weighted by atomic mass is 16.5. The standard InChI is InChI=1S/C17H21NO4/c1-12(9-10-21-3)5-6-14-7-8-15(17(20)22-4)11-16(14)18-13(2)19/h7-8,11-12H,9-10H2,1-4H3,(H,18,19). The first-order valence-corrected chi connectivity index (χ1v) is 6.98. The number of hydrogen-bond donors (Lipinski definition) is 1. The fourth-order valence-corrected chi connectivity index (χ4v) is 1.76. The Labute approximate surface area is 131 Å². The number of hydrogen-bond acceptors (Lipinski definition) is 4. The molecule has 5 heteroatoms. The van der Waals surface area contributed by atoms with Crippen LogP contribution in [0.3, 0.4) is 0 Å². The Morgan fingerprint density at radius 3 is 2.64 bits per heavy atom. The molecular formula is C17H21NO4. The minimum Gasteiger partial charge on any atom is -0.465 e. The lowest BCUT2D eigenvalue weighted by atomic mass is 10.1. The molecule has 0 saturated heterocycles. The second kappa shape index (κ2) is 8.85. The van der Waals surface area contributed by atoms with Gasteiger partial charge in [-0.05, 0) is 24.6 Å². The third-order valence-corrected chi connectivity index (χ3v) is 2.96. The Hall–Kier alpha value is -2.32. The number of carbonyl (C=O) groups is 2. The number of anilines is 1. The molecular weight excluding hydrogens is 282 g/mol. The number of benzene rings is 1. The molecule has 1 atom stereocenters. The van der Waals surface area contributed by atoms with Gasteiger partial charge in [-0.15, -0.1) is 0 Å². The van der Waals surface area contributed by atoms with E-state index in [9.17, 15) is 9.59 Å². The van der Waals surface area contributed by atoms with Crippen molar-refractivity contribution in [1.29, 1.82) is 0 Å². The van der Waals surface area contributed by atoms with Gasteiger partial charge in [0.2, 0.25) is 5.91 Å². The molecule has 0 heterocycles. The topological polar surface area (TPSA) is 64.6 Å². The van der Waals surface area contributed by atoms with Crippen LogP contribution in [0.1, 0.15) is 36.2 Å². The molecule has 0 bridgehead atoms. The van der Waals surface area contributed by atoms with E-state index in [2.05, 4.69) is 21.9 Å². The lowest BCUT2D eigenvalue weighted by molar-refractivity contribution is -0.114. The summed E-state index contributed by atoms with van der Waals surface area (Å²) >= 11 is 0. The van der Waals surface area contributed by atoms with Gasteiger partial charge in [0.15, 0.2) is 0 Å². The number of ether oxygens (including phenoxy) is 2. The molecule has 22 heavy (non-hydrogen) atoms. The number of methoxy groups -OCH3 is 2. The lowest BCUT2D eigenvalue weighted by Crippen LogP contribution is -2.09. The second-order valence-electron chi connectivity index (χ2n) is 4.88. The summed E-state index contributed by atoms with van der Waals surface area (Å²) in [4.78, 5) is 22.9. The summed E-state index contributed by atoms with van der Waals surface area (Å²) in [6.07, 6.45) is 0.833. The van der Waals surface area contributed by atoms with Crippen molar-refractivity contribution in [1.82, 2.24) is 0 Å². The largest absolute Gasteiger partial charge is 0.465 e. The Bertz CT molecular complexity index is 598. The lowest BCUT2D eigenvalue weighted by Gasteiger charge is -2.08. The third-order valence-electron chi connectivity index (χ3n) is 2.96. The van der Waals surface area contributed by atoms with Crippen LogP contribution < -0.4 is 5.32 Å². The first-order chi connectivity index (χ1) is 10.5. The van der Waals surface area contributed by atoms with Crippen molar-refractivity contribution in [2.24, 2.45) is 5.92 Å². The van der Waals surface area contributed by atoms with Gasteiger partial charge in [0, 0.05) is 32.1 Å². The molecule has 0 fully saturated rings. The Kier molecular flexibility index (Phi) is 7.14. The summed E-state index contributed by atoms with van der Waals surface area (Å²) in [7, 11) is 2.96.